The first-order chi connectivity index (χ1) is 9.61. The fourth-order valence-electron chi connectivity index (χ4n) is 5.65. The Balaban J connectivity index is 1.87. The van der Waals surface area contributed by atoms with E-state index in [2.05, 4.69) is 11.1 Å². The van der Waals surface area contributed by atoms with Crippen molar-refractivity contribution in [1.82, 2.24) is 4.98 Å². The molecule has 4 aliphatic carbocycles. The van der Waals surface area contributed by atoms with Crippen molar-refractivity contribution in [3.8, 4) is 6.07 Å². The number of aromatic nitrogens is 1. The van der Waals surface area contributed by atoms with Crippen molar-refractivity contribution in [2.24, 2.45) is 17.8 Å². The van der Waals surface area contributed by atoms with Gasteiger partial charge in [0.25, 0.3) is 0 Å². The number of nitrogens with zero attached hydrogens (tertiary/aromatic N) is 1. The molecule has 0 saturated heterocycles. The third-order valence-corrected chi connectivity index (χ3v) is 5.78. The molecule has 4 nitrogen and oxygen atoms in total. The number of rotatable bonds is 2. The summed E-state index contributed by atoms with van der Waals surface area (Å²) in [6, 6.07) is 2.20. The molecule has 0 atom stereocenters. The molecule has 0 aromatic carbocycles. The van der Waals surface area contributed by atoms with E-state index in [-0.39, 0.29) is 11.1 Å². The van der Waals surface area contributed by atoms with Crippen molar-refractivity contribution in [1.29, 1.82) is 5.26 Å². The van der Waals surface area contributed by atoms with Gasteiger partial charge in [0.05, 0.1) is 5.56 Å². The molecule has 5 rings (SSSR count). The second-order valence-corrected chi connectivity index (χ2v) is 7.07. The van der Waals surface area contributed by atoms with Gasteiger partial charge < -0.3 is 10.1 Å². The van der Waals surface area contributed by atoms with Crippen molar-refractivity contribution in [2.75, 3.05) is 0 Å². The average molecular weight is 270 g/mol. The standard InChI is InChI=1S/C16H18N2O2/c17-7-12-8-18-14(15(19)20)13(12)16-4-9-1-10(5-16)3-11(2-9)6-16/h8-11,18H,1-6H2,(H,19,20). The summed E-state index contributed by atoms with van der Waals surface area (Å²) in [5.74, 6) is 1.29. The molecule has 4 fully saturated rings. The lowest BCUT2D eigenvalue weighted by atomic mass is 9.47. The minimum atomic E-state index is -0.933. The van der Waals surface area contributed by atoms with Crippen LogP contribution in [0.3, 0.4) is 0 Å². The van der Waals surface area contributed by atoms with Crippen LogP contribution >= 0.6 is 0 Å². The Hall–Kier alpha value is -1.76. The first-order valence-corrected chi connectivity index (χ1v) is 7.46. The molecule has 1 aromatic rings. The van der Waals surface area contributed by atoms with Crippen molar-refractivity contribution >= 4 is 5.97 Å². The van der Waals surface area contributed by atoms with Crippen LogP contribution in [0.5, 0.6) is 0 Å². The zero-order chi connectivity index (χ0) is 13.9. The lowest BCUT2D eigenvalue weighted by molar-refractivity contribution is -0.00588. The van der Waals surface area contributed by atoms with Gasteiger partial charge >= 0.3 is 5.97 Å². The number of H-pyrrole nitrogens is 1. The van der Waals surface area contributed by atoms with Gasteiger partial charge in [0.15, 0.2) is 0 Å². The maximum atomic E-state index is 11.5. The number of aromatic amines is 1. The summed E-state index contributed by atoms with van der Waals surface area (Å²) in [5.41, 5.74) is 1.56. The minimum Gasteiger partial charge on any atom is -0.477 e. The number of carboxylic acids is 1. The second kappa shape index (κ2) is 3.88. The van der Waals surface area contributed by atoms with Crippen LogP contribution in [0.15, 0.2) is 6.20 Å². The molecular formula is C16H18N2O2. The average Bonchev–Trinajstić information content (AvgIpc) is 2.81. The molecule has 4 aliphatic rings. The molecule has 0 aliphatic heterocycles. The number of hydrogen-bond acceptors (Lipinski definition) is 2. The quantitative estimate of drug-likeness (QED) is 0.867. The monoisotopic (exact) mass is 270 g/mol. The lowest BCUT2D eigenvalue weighted by Gasteiger charge is -2.57. The molecule has 0 spiro atoms. The van der Waals surface area contributed by atoms with Crippen LogP contribution in [0, 0.1) is 29.1 Å². The predicted octanol–water partition coefficient (Wildman–Crippen LogP) is 3.05. The first-order valence-electron chi connectivity index (χ1n) is 7.46. The van der Waals surface area contributed by atoms with Gasteiger partial charge in [-0.3, -0.25) is 0 Å². The van der Waals surface area contributed by atoms with Crippen LogP contribution in [-0.4, -0.2) is 16.1 Å². The number of carboxylic acid groups (broad SMARTS) is 1. The van der Waals surface area contributed by atoms with E-state index >= 15 is 0 Å². The van der Waals surface area contributed by atoms with Crippen LogP contribution < -0.4 is 0 Å². The van der Waals surface area contributed by atoms with E-state index in [1.165, 1.54) is 19.3 Å². The number of carbonyl (C=O) groups is 1. The minimum absolute atomic E-state index is 0.0481. The second-order valence-electron chi connectivity index (χ2n) is 7.07. The van der Waals surface area contributed by atoms with E-state index in [1.54, 1.807) is 6.20 Å². The Labute approximate surface area is 117 Å². The van der Waals surface area contributed by atoms with E-state index < -0.39 is 5.97 Å². The smallest absolute Gasteiger partial charge is 0.352 e. The molecule has 4 bridgehead atoms. The summed E-state index contributed by atoms with van der Waals surface area (Å²) in [5, 5.41) is 18.8. The summed E-state index contributed by atoms with van der Waals surface area (Å²) in [6.45, 7) is 0. The SMILES string of the molecule is N#Cc1c[nH]c(C(=O)O)c1C12CC3CC(CC(C3)C1)C2. The number of hydrogen-bond donors (Lipinski definition) is 2. The number of aromatic carboxylic acids is 1. The highest BCUT2D eigenvalue weighted by Gasteiger charge is 2.53. The van der Waals surface area contributed by atoms with E-state index in [0.717, 1.165) is 42.6 Å². The van der Waals surface area contributed by atoms with Gasteiger partial charge in [-0.05, 0) is 61.7 Å². The van der Waals surface area contributed by atoms with Crippen molar-refractivity contribution in [3.05, 3.63) is 23.0 Å². The number of nitriles is 1. The van der Waals surface area contributed by atoms with Crippen LogP contribution in [0.1, 0.15) is 60.1 Å². The topological polar surface area (TPSA) is 76.9 Å². The Kier molecular flexibility index (Phi) is 2.33. The zero-order valence-electron chi connectivity index (χ0n) is 11.4. The maximum Gasteiger partial charge on any atom is 0.352 e. The largest absolute Gasteiger partial charge is 0.477 e. The van der Waals surface area contributed by atoms with Crippen LogP contribution in [0.25, 0.3) is 0 Å². The van der Waals surface area contributed by atoms with Crippen molar-refractivity contribution in [3.63, 3.8) is 0 Å². The third-order valence-electron chi connectivity index (χ3n) is 5.78. The third kappa shape index (κ3) is 1.49. The van der Waals surface area contributed by atoms with Gasteiger partial charge in [-0.2, -0.15) is 5.26 Å². The molecule has 1 heterocycles. The Bertz CT molecular complexity index is 588. The van der Waals surface area contributed by atoms with Gasteiger partial charge in [0, 0.05) is 11.8 Å². The summed E-state index contributed by atoms with van der Waals surface area (Å²) in [6.07, 6.45) is 8.75. The highest BCUT2D eigenvalue weighted by Crippen LogP contribution is 2.61. The molecule has 0 unspecified atom stereocenters. The van der Waals surface area contributed by atoms with Crippen molar-refractivity contribution < 1.29 is 9.90 Å². The summed E-state index contributed by atoms with van der Waals surface area (Å²) >= 11 is 0. The van der Waals surface area contributed by atoms with Crippen LogP contribution in [0.2, 0.25) is 0 Å². The highest BCUT2D eigenvalue weighted by molar-refractivity contribution is 5.89. The van der Waals surface area contributed by atoms with Gasteiger partial charge in [-0.25, -0.2) is 4.79 Å². The predicted molar refractivity (Wildman–Crippen MR) is 72.3 cm³/mol. The van der Waals surface area contributed by atoms with Gasteiger partial charge in [-0.15, -0.1) is 0 Å². The van der Waals surface area contributed by atoms with Crippen LogP contribution in [0.4, 0.5) is 0 Å². The first kappa shape index (κ1) is 12.0. The molecule has 0 radical (unpaired) electrons. The van der Waals surface area contributed by atoms with Gasteiger partial charge in [-0.1, -0.05) is 0 Å². The molecule has 1 aromatic heterocycles. The summed E-state index contributed by atoms with van der Waals surface area (Å²) in [4.78, 5) is 14.3. The van der Waals surface area contributed by atoms with E-state index in [0.29, 0.717) is 5.56 Å². The normalized spacial score (nSPS) is 37.9. The Morgan fingerprint density at radius 2 is 1.80 bits per heavy atom. The molecular weight excluding hydrogens is 252 g/mol. The summed E-state index contributed by atoms with van der Waals surface area (Å²) in [7, 11) is 0. The van der Waals surface area contributed by atoms with Gasteiger partial charge in [0.2, 0.25) is 0 Å². The molecule has 0 amide bonds. The lowest BCUT2D eigenvalue weighted by Crippen LogP contribution is -2.49. The van der Waals surface area contributed by atoms with Crippen molar-refractivity contribution in [2.45, 2.75) is 43.9 Å². The van der Waals surface area contributed by atoms with Crippen LogP contribution in [-0.2, 0) is 5.41 Å². The zero-order valence-corrected chi connectivity index (χ0v) is 11.4. The fourth-order valence-corrected chi connectivity index (χ4v) is 5.65. The van der Waals surface area contributed by atoms with Gasteiger partial charge in [0.1, 0.15) is 11.8 Å². The number of nitrogens with one attached hydrogen (secondary N) is 1. The van der Waals surface area contributed by atoms with E-state index in [4.69, 9.17) is 0 Å². The molecule has 20 heavy (non-hydrogen) atoms. The molecule has 4 saturated carbocycles. The van der Waals surface area contributed by atoms with E-state index in [1.807, 2.05) is 0 Å². The molecule has 2 N–H and O–H groups in total. The highest BCUT2D eigenvalue weighted by atomic mass is 16.4. The molecule has 4 heteroatoms. The summed E-state index contributed by atoms with van der Waals surface area (Å²) < 4.78 is 0. The fraction of sp³-hybridized carbons (Fsp3) is 0.625. The van der Waals surface area contributed by atoms with E-state index in [9.17, 15) is 15.2 Å². The molecule has 104 valence electrons. The Morgan fingerprint density at radius 3 is 2.25 bits per heavy atom. The maximum absolute atomic E-state index is 11.5. The Morgan fingerprint density at radius 1 is 1.25 bits per heavy atom.